The monoisotopic (exact) mass is 214 g/mol. The zero-order valence-corrected chi connectivity index (χ0v) is 10.4. The van der Waals surface area contributed by atoms with Gasteiger partial charge in [0.25, 0.3) is 0 Å². The molecule has 0 fully saturated rings. The van der Waals surface area contributed by atoms with Gasteiger partial charge in [0, 0.05) is 0 Å². The summed E-state index contributed by atoms with van der Waals surface area (Å²) >= 11 is 2.00. The second-order valence-corrected chi connectivity index (χ2v) is 4.99. The Labute approximate surface area is 92.5 Å². The topological polar surface area (TPSA) is 35.8 Å². The van der Waals surface area contributed by atoms with E-state index in [1.54, 1.807) is 0 Å². The van der Waals surface area contributed by atoms with Gasteiger partial charge in [-0.1, -0.05) is 13.3 Å². The van der Waals surface area contributed by atoms with Crippen LogP contribution < -0.4 is 5.32 Å². The van der Waals surface area contributed by atoms with E-state index in [4.69, 9.17) is 5.26 Å². The first-order valence-electron chi connectivity index (χ1n) is 5.36. The predicted molar refractivity (Wildman–Crippen MR) is 64.5 cm³/mol. The highest BCUT2D eigenvalue weighted by atomic mass is 32.2. The number of nitriles is 1. The van der Waals surface area contributed by atoms with Crippen molar-refractivity contribution in [1.82, 2.24) is 5.32 Å². The van der Waals surface area contributed by atoms with Gasteiger partial charge < -0.3 is 5.32 Å². The molecule has 0 amide bonds. The van der Waals surface area contributed by atoms with E-state index in [9.17, 15) is 0 Å². The molecule has 82 valence electrons. The molecule has 0 aliphatic heterocycles. The fraction of sp³-hybridized carbons (Fsp3) is 0.909. The first-order chi connectivity index (χ1) is 6.68. The molecule has 0 saturated heterocycles. The molecule has 1 unspecified atom stereocenters. The van der Waals surface area contributed by atoms with Crippen LogP contribution in [0.5, 0.6) is 0 Å². The van der Waals surface area contributed by atoms with Crippen molar-refractivity contribution in [3.63, 3.8) is 0 Å². The summed E-state index contributed by atoms with van der Waals surface area (Å²) in [6.45, 7) is 4.18. The summed E-state index contributed by atoms with van der Waals surface area (Å²) in [6, 6.07) is 2.31. The summed E-state index contributed by atoms with van der Waals surface area (Å²) in [4.78, 5) is 0. The maximum atomic E-state index is 8.91. The second kappa shape index (κ2) is 8.14. The maximum absolute atomic E-state index is 8.91. The Balaban J connectivity index is 3.40. The summed E-state index contributed by atoms with van der Waals surface area (Å²) in [5, 5.41) is 12.0. The zero-order chi connectivity index (χ0) is 10.9. The van der Waals surface area contributed by atoms with Crippen LogP contribution in [0.4, 0.5) is 0 Å². The lowest BCUT2D eigenvalue weighted by molar-refractivity contribution is 0.451. The van der Waals surface area contributed by atoms with Crippen molar-refractivity contribution >= 4 is 11.8 Å². The second-order valence-electron chi connectivity index (χ2n) is 3.76. The Kier molecular flexibility index (Phi) is 8.02. The summed E-state index contributed by atoms with van der Waals surface area (Å²) < 4.78 is 0. The molecule has 0 spiro atoms. The number of rotatable bonds is 8. The van der Waals surface area contributed by atoms with Crippen molar-refractivity contribution in [2.45, 2.75) is 45.1 Å². The molecule has 0 radical (unpaired) electrons. The molecule has 0 aromatic heterocycles. The zero-order valence-electron chi connectivity index (χ0n) is 9.60. The summed E-state index contributed by atoms with van der Waals surface area (Å²) in [6.07, 6.45) is 4.66. The van der Waals surface area contributed by atoms with Crippen LogP contribution in [0.1, 0.15) is 39.5 Å². The van der Waals surface area contributed by atoms with Gasteiger partial charge in [0.15, 0.2) is 0 Å². The lowest BCUT2D eigenvalue weighted by Crippen LogP contribution is -2.37. The molecule has 0 aromatic rings. The molecular weight excluding hydrogens is 192 g/mol. The molecule has 3 heteroatoms. The number of nitrogens with one attached hydrogen (secondary N) is 1. The highest BCUT2D eigenvalue weighted by Crippen LogP contribution is 2.14. The van der Waals surface area contributed by atoms with Gasteiger partial charge in [-0.05, 0) is 44.7 Å². The maximum Gasteiger partial charge on any atom is 0.103 e. The first-order valence-corrected chi connectivity index (χ1v) is 6.52. The minimum atomic E-state index is -0.328. The third kappa shape index (κ3) is 6.28. The molecule has 0 aliphatic carbocycles. The lowest BCUT2D eigenvalue weighted by atomic mass is 9.99. The van der Waals surface area contributed by atoms with Crippen LogP contribution >= 0.6 is 11.8 Å². The Hall–Kier alpha value is -0.200. The third-order valence-corrected chi connectivity index (χ3v) is 3.56. The average molecular weight is 214 g/mol. The molecule has 1 N–H and O–H groups in total. The summed E-state index contributed by atoms with van der Waals surface area (Å²) in [7, 11) is 1.85. The van der Waals surface area contributed by atoms with Crippen molar-refractivity contribution in [2.75, 3.05) is 18.6 Å². The molecule has 0 aliphatic rings. The van der Waals surface area contributed by atoms with E-state index in [1.165, 1.54) is 24.3 Å². The molecule has 0 heterocycles. The van der Waals surface area contributed by atoms with Crippen LogP contribution in [0.3, 0.4) is 0 Å². The van der Waals surface area contributed by atoms with Crippen molar-refractivity contribution in [3.8, 4) is 6.07 Å². The number of hydrogen-bond acceptors (Lipinski definition) is 3. The van der Waals surface area contributed by atoms with E-state index >= 15 is 0 Å². The van der Waals surface area contributed by atoms with Crippen LogP contribution in [0, 0.1) is 11.3 Å². The van der Waals surface area contributed by atoms with E-state index in [0.717, 1.165) is 12.8 Å². The summed E-state index contributed by atoms with van der Waals surface area (Å²) in [5.41, 5.74) is -0.328. The Bertz CT molecular complexity index is 177. The van der Waals surface area contributed by atoms with E-state index in [1.807, 2.05) is 25.7 Å². The van der Waals surface area contributed by atoms with Crippen LogP contribution in [0.2, 0.25) is 0 Å². The van der Waals surface area contributed by atoms with Crippen molar-refractivity contribution in [1.29, 1.82) is 5.26 Å². The Morgan fingerprint density at radius 3 is 2.50 bits per heavy atom. The molecule has 0 saturated carbocycles. The molecule has 1 atom stereocenters. The fourth-order valence-electron chi connectivity index (χ4n) is 1.11. The highest BCUT2D eigenvalue weighted by Gasteiger charge is 2.19. The highest BCUT2D eigenvalue weighted by molar-refractivity contribution is 7.99. The smallest absolute Gasteiger partial charge is 0.103 e. The minimum absolute atomic E-state index is 0.328. The van der Waals surface area contributed by atoms with Gasteiger partial charge in [-0.2, -0.15) is 17.0 Å². The van der Waals surface area contributed by atoms with Crippen molar-refractivity contribution in [2.24, 2.45) is 0 Å². The van der Waals surface area contributed by atoms with Crippen LogP contribution in [0.25, 0.3) is 0 Å². The van der Waals surface area contributed by atoms with Gasteiger partial charge in [0.05, 0.1) is 6.07 Å². The van der Waals surface area contributed by atoms with Crippen molar-refractivity contribution in [3.05, 3.63) is 0 Å². The number of nitrogens with zero attached hydrogens (tertiary/aromatic N) is 1. The number of thioether (sulfide) groups is 1. The predicted octanol–water partition coefficient (Wildman–Crippen LogP) is 2.80. The number of unbranched alkanes of at least 4 members (excludes halogenated alkanes) is 1. The van der Waals surface area contributed by atoms with Gasteiger partial charge >= 0.3 is 0 Å². The quantitative estimate of drug-likeness (QED) is 0.631. The Morgan fingerprint density at radius 1 is 1.36 bits per heavy atom. The van der Waals surface area contributed by atoms with Gasteiger partial charge in [-0.3, -0.25) is 0 Å². The normalized spacial score (nSPS) is 14.7. The number of hydrogen-bond donors (Lipinski definition) is 1. The molecule has 2 nitrogen and oxygen atoms in total. The standard InChI is InChI=1S/C11H22N2S/c1-4-5-8-14-9-6-7-11(2,10-12)13-3/h13H,4-9H2,1-3H3. The van der Waals surface area contributed by atoms with E-state index in [0.29, 0.717) is 0 Å². The van der Waals surface area contributed by atoms with E-state index in [-0.39, 0.29) is 5.54 Å². The van der Waals surface area contributed by atoms with Gasteiger partial charge in [-0.25, -0.2) is 0 Å². The average Bonchev–Trinajstić information content (AvgIpc) is 2.23. The third-order valence-electron chi connectivity index (χ3n) is 2.41. The fourth-order valence-corrected chi connectivity index (χ4v) is 2.16. The lowest BCUT2D eigenvalue weighted by Gasteiger charge is -2.20. The molecular formula is C11H22N2S. The SMILES string of the molecule is CCCCSCCCC(C)(C#N)NC. The van der Waals surface area contributed by atoms with Crippen molar-refractivity contribution < 1.29 is 0 Å². The largest absolute Gasteiger partial charge is 0.303 e. The van der Waals surface area contributed by atoms with Crippen LogP contribution in [-0.2, 0) is 0 Å². The minimum Gasteiger partial charge on any atom is -0.303 e. The molecule has 14 heavy (non-hydrogen) atoms. The molecule has 0 bridgehead atoms. The molecule has 0 rings (SSSR count). The van der Waals surface area contributed by atoms with E-state index < -0.39 is 0 Å². The van der Waals surface area contributed by atoms with Gasteiger partial charge in [0.1, 0.15) is 5.54 Å². The first kappa shape index (κ1) is 13.8. The summed E-state index contributed by atoms with van der Waals surface area (Å²) in [5.74, 6) is 2.44. The van der Waals surface area contributed by atoms with Gasteiger partial charge in [0.2, 0.25) is 0 Å². The molecule has 0 aromatic carbocycles. The van der Waals surface area contributed by atoms with Crippen LogP contribution in [-0.4, -0.2) is 24.1 Å². The van der Waals surface area contributed by atoms with Gasteiger partial charge in [-0.15, -0.1) is 0 Å². The van der Waals surface area contributed by atoms with E-state index in [2.05, 4.69) is 18.3 Å². The van der Waals surface area contributed by atoms with Crippen LogP contribution in [0.15, 0.2) is 0 Å². The Morgan fingerprint density at radius 2 is 2.00 bits per heavy atom.